The van der Waals surface area contributed by atoms with E-state index in [0.717, 1.165) is 6.42 Å². The van der Waals surface area contributed by atoms with E-state index in [2.05, 4.69) is 20.9 Å². The lowest BCUT2D eigenvalue weighted by Crippen LogP contribution is -2.55. The molecule has 0 rings (SSSR count). The van der Waals surface area contributed by atoms with Crippen molar-refractivity contribution in [3.8, 4) is 0 Å². The minimum Gasteiger partial charge on any atom is -0.480 e. The number of carboxylic acid groups (broad SMARTS) is 1. The van der Waals surface area contributed by atoms with Crippen LogP contribution in [-0.2, 0) is 19.2 Å². The highest BCUT2D eigenvalue weighted by atomic mass is 16.4. The van der Waals surface area contributed by atoms with Crippen LogP contribution in [0.25, 0.3) is 0 Å². The van der Waals surface area contributed by atoms with Gasteiger partial charge in [0.25, 0.3) is 0 Å². The van der Waals surface area contributed by atoms with Crippen LogP contribution in [0.1, 0.15) is 46.0 Å². The molecule has 12 N–H and O–H groups in total. The molecule has 178 valence electrons. The van der Waals surface area contributed by atoms with Gasteiger partial charge in [-0.25, -0.2) is 4.79 Å². The first-order valence-electron chi connectivity index (χ1n) is 10.1. The molecule has 0 bridgehead atoms. The Morgan fingerprint density at radius 3 is 1.94 bits per heavy atom. The Hall–Kier alpha value is -2.93. The quantitative estimate of drug-likeness (QED) is 0.0731. The maximum Gasteiger partial charge on any atom is 0.326 e. The smallest absolute Gasteiger partial charge is 0.326 e. The second-order valence-electron chi connectivity index (χ2n) is 7.20. The van der Waals surface area contributed by atoms with Crippen LogP contribution in [0.2, 0.25) is 0 Å². The van der Waals surface area contributed by atoms with Crippen molar-refractivity contribution in [1.29, 1.82) is 0 Å². The number of nitrogens with zero attached hydrogens (tertiary/aromatic N) is 1. The Kier molecular flexibility index (Phi) is 13.5. The van der Waals surface area contributed by atoms with Crippen LogP contribution in [0, 0.1) is 0 Å². The molecular formula is C18H36N8O5. The number of carbonyl (C=O) groups is 4. The third kappa shape index (κ3) is 12.4. The first kappa shape index (κ1) is 28.1. The predicted molar refractivity (Wildman–Crippen MR) is 116 cm³/mol. The van der Waals surface area contributed by atoms with Crippen LogP contribution < -0.4 is 38.9 Å². The Labute approximate surface area is 181 Å². The fraction of sp³-hybridized carbons (Fsp3) is 0.722. The number of amides is 3. The average Bonchev–Trinajstić information content (AvgIpc) is 2.69. The number of nitrogens with one attached hydrogen (secondary N) is 3. The summed E-state index contributed by atoms with van der Waals surface area (Å²) >= 11 is 0. The molecule has 0 radical (unpaired) electrons. The normalized spacial score (nSPS) is 14.5. The summed E-state index contributed by atoms with van der Waals surface area (Å²) in [5.41, 5.74) is 21.6. The zero-order valence-corrected chi connectivity index (χ0v) is 18.1. The highest BCUT2D eigenvalue weighted by molar-refractivity contribution is 5.93. The predicted octanol–water partition coefficient (Wildman–Crippen LogP) is -2.92. The van der Waals surface area contributed by atoms with E-state index in [1.807, 2.05) is 0 Å². The third-order valence-electron chi connectivity index (χ3n) is 4.37. The molecule has 0 aliphatic rings. The van der Waals surface area contributed by atoms with E-state index >= 15 is 0 Å². The minimum absolute atomic E-state index is 0.104. The van der Waals surface area contributed by atoms with Gasteiger partial charge in [0.2, 0.25) is 17.7 Å². The second-order valence-corrected chi connectivity index (χ2v) is 7.20. The van der Waals surface area contributed by atoms with E-state index in [9.17, 15) is 24.3 Å². The van der Waals surface area contributed by atoms with E-state index in [-0.39, 0.29) is 18.9 Å². The molecule has 0 fully saturated rings. The van der Waals surface area contributed by atoms with E-state index in [1.54, 1.807) is 0 Å². The number of aliphatic carboxylic acids is 1. The summed E-state index contributed by atoms with van der Waals surface area (Å²) in [7, 11) is 0. The average molecular weight is 445 g/mol. The van der Waals surface area contributed by atoms with Gasteiger partial charge in [0.1, 0.15) is 18.1 Å². The Morgan fingerprint density at radius 2 is 1.42 bits per heavy atom. The molecule has 0 heterocycles. The molecule has 4 unspecified atom stereocenters. The summed E-state index contributed by atoms with van der Waals surface area (Å²) in [6.07, 6.45) is 2.32. The number of nitrogens with two attached hydrogens (primary N) is 4. The lowest BCUT2D eigenvalue weighted by molar-refractivity contribution is -0.142. The first-order chi connectivity index (χ1) is 14.5. The van der Waals surface area contributed by atoms with Gasteiger partial charge in [-0.3, -0.25) is 19.4 Å². The number of hydrogen-bond acceptors (Lipinski definition) is 7. The van der Waals surface area contributed by atoms with E-state index in [0.29, 0.717) is 25.8 Å². The number of unbranched alkanes of at least 4 members (excludes halogenated alkanes) is 1. The lowest BCUT2D eigenvalue weighted by atomic mass is 10.1. The molecule has 0 aliphatic carbocycles. The fourth-order valence-electron chi connectivity index (χ4n) is 2.49. The van der Waals surface area contributed by atoms with E-state index in [1.165, 1.54) is 13.8 Å². The molecule has 13 heteroatoms. The van der Waals surface area contributed by atoms with Crippen LogP contribution in [0.15, 0.2) is 4.99 Å². The second kappa shape index (κ2) is 15.0. The molecule has 0 aliphatic heterocycles. The molecule has 0 aromatic rings. The van der Waals surface area contributed by atoms with Gasteiger partial charge in [-0.1, -0.05) is 6.42 Å². The number of rotatable bonds is 15. The summed E-state index contributed by atoms with van der Waals surface area (Å²) in [4.78, 5) is 51.6. The van der Waals surface area contributed by atoms with Gasteiger partial charge in [0, 0.05) is 6.54 Å². The summed E-state index contributed by atoms with van der Waals surface area (Å²) in [6, 6.07) is -3.88. The number of carboxylic acids is 1. The van der Waals surface area contributed by atoms with Gasteiger partial charge in [-0.15, -0.1) is 0 Å². The van der Waals surface area contributed by atoms with Crippen LogP contribution in [0.5, 0.6) is 0 Å². The highest BCUT2D eigenvalue weighted by Crippen LogP contribution is 2.01. The van der Waals surface area contributed by atoms with Crippen molar-refractivity contribution in [3.05, 3.63) is 0 Å². The molecule has 13 nitrogen and oxygen atoms in total. The molecule has 3 amide bonds. The van der Waals surface area contributed by atoms with Gasteiger partial charge in [0.05, 0.1) is 6.04 Å². The monoisotopic (exact) mass is 444 g/mol. The molecule has 0 spiro atoms. The van der Waals surface area contributed by atoms with Crippen molar-refractivity contribution in [3.63, 3.8) is 0 Å². The minimum atomic E-state index is -1.22. The van der Waals surface area contributed by atoms with Gasteiger partial charge in [-0.2, -0.15) is 0 Å². The Morgan fingerprint density at radius 1 is 0.871 bits per heavy atom. The fourth-order valence-corrected chi connectivity index (χ4v) is 2.49. The van der Waals surface area contributed by atoms with Gasteiger partial charge in [0.15, 0.2) is 5.96 Å². The van der Waals surface area contributed by atoms with Crippen LogP contribution in [0.4, 0.5) is 0 Å². The zero-order valence-electron chi connectivity index (χ0n) is 18.1. The summed E-state index contributed by atoms with van der Waals surface area (Å²) in [5.74, 6) is -3.10. The van der Waals surface area contributed by atoms with Crippen LogP contribution >= 0.6 is 0 Å². The number of guanidine groups is 1. The SMILES string of the molecule is CC(NC(=O)C(N)CCCCN)C(=O)NC(C)C(=O)NC(CCCN=C(N)N)C(=O)O. The van der Waals surface area contributed by atoms with Crippen LogP contribution in [0.3, 0.4) is 0 Å². The van der Waals surface area contributed by atoms with Crippen LogP contribution in [-0.4, -0.2) is 72.0 Å². The lowest BCUT2D eigenvalue weighted by Gasteiger charge is -2.21. The van der Waals surface area contributed by atoms with Crippen molar-refractivity contribution >= 4 is 29.7 Å². The number of aliphatic imine (C=N–C) groups is 1. The number of hydrogen-bond donors (Lipinski definition) is 8. The molecule has 0 saturated heterocycles. The van der Waals surface area contributed by atoms with Crippen molar-refractivity contribution in [2.45, 2.75) is 70.1 Å². The van der Waals surface area contributed by atoms with E-state index in [4.69, 9.17) is 22.9 Å². The summed E-state index contributed by atoms with van der Waals surface area (Å²) < 4.78 is 0. The van der Waals surface area contributed by atoms with Gasteiger partial charge in [-0.05, 0) is 46.1 Å². The van der Waals surface area contributed by atoms with Crippen molar-refractivity contribution in [2.24, 2.45) is 27.9 Å². The maximum atomic E-state index is 12.3. The van der Waals surface area contributed by atoms with Gasteiger partial charge < -0.3 is 44.0 Å². The van der Waals surface area contributed by atoms with Crippen molar-refractivity contribution < 1.29 is 24.3 Å². The zero-order chi connectivity index (χ0) is 24.0. The summed E-state index contributed by atoms with van der Waals surface area (Å²) in [6.45, 7) is 3.58. The maximum absolute atomic E-state index is 12.3. The molecular weight excluding hydrogens is 408 g/mol. The standard InChI is InChI=1S/C18H36N8O5/c1-10(25-16(29)12(20)6-3-4-8-19)14(27)24-11(2)15(28)26-13(17(30)31)7-5-9-23-18(21)22/h10-13H,3-9,19-20H2,1-2H3,(H,24,27)(H,25,29)(H,26,28)(H,30,31)(H4,21,22,23). The van der Waals surface area contributed by atoms with Gasteiger partial charge >= 0.3 is 5.97 Å². The Bertz CT molecular complexity index is 638. The molecule has 31 heavy (non-hydrogen) atoms. The third-order valence-corrected chi connectivity index (χ3v) is 4.37. The Balaban J connectivity index is 4.57. The largest absolute Gasteiger partial charge is 0.480 e. The molecule has 0 saturated carbocycles. The highest BCUT2D eigenvalue weighted by Gasteiger charge is 2.26. The van der Waals surface area contributed by atoms with Crippen molar-refractivity contribution in [1.82, 2.24) is 16.0 Å². The molecule has 4 atom stereocenters. The topological polar surface area (TPSA) is 241 Å². The summed E-state index contributed by atoms with van der Waals surface area (Å²) in [5, 5.41) is 16.5. The molecule has 0 aromatic carbocycles. The number of carbonyl (C=O) groups excluding carboxylic acids is 3. The van der Waals surface area contributed by atoms with E-state index < -0.39 is 47.9 Å². The molecule has 0 aromatic heterocycles. The first-order valence-corrected chi connectivity index (χ1v) is 10.1. The van der Waals surface area contributed by atoms with Crippen molar-refractivity contribution in [2.75, 3.05) is 13.1 Å².